The quantitative estimate of drug-likeness (QED) is 0.637. The molecule has 2 aromatic heterocycles. The summed E-state index contributed by atoms with van der Waals surface area (Å²) in [4.78, 5) is 28.4. The molecule has 0 bridgehead atoms. The van der Waals surface area contributed by atoms with Crippen LogP contribution in [0.25, 0.3) is 11.3 Å². The lowest BCUT2D eigenvalue weighted by atomic mass is 9.88. The minimum Gasteiger partial charge on any atom is -0.337 e. The number of fused-ring (bicyclic) bond motifs is 1. The molecule has 0 radical (unpaired) electrons. The van der Waals surface area contributed by atoms with Gasteiger partial charge < -0.3 is 9.80 Å². The van der Waals surface area contributed by atoms with E-state index in [2.05, 4.69) is 15.3 Å². The summed E-state index contributed by atoms with van der Waals surface area (Å²) in [5, 5.41) is 12.3. The van der Waals surface area contributed by atoms with E-state index in [1.165, 1.54) is 0 Å². The zero-order valence-corrected chi connectivity index (χ0v) is 19.6. The number of rotatable bonds is 4. The van der Waals surface area contributed by atoms with Crippen LogP contribution >= 0.6 is 11.6 Å². The zero-order chi connectivity index (χ0) is 23.1. The molecule has 0 aliphatic carbocycles. The Hall–Kier alpha value is -3.13. The van der Waals surface area contributed by atoms with E-state index < -0.39 is 0 Å². The lowest BCUT2D eigenvalue weighted by Gasteiger charge is -2.32. The number of halogens is 1. The molecule has 8 nitrogen and oxygen atoms in total. The molecule has 3 aromatic rings. The van der Waals surface area contributed by atoms with Gasteiger partial charge >= 0.3 is 0 Å². The van der Waals surface area contributed by atoms with Gasteiger partial charge in [-0.25, -0.2) is 0 Å². The Bertz CT molecular complexity index is 1210. The van der Waals surface area contributed by atoms with Crippen molar-refractivity contribution in [3.63, 3.8) is 0 Å². The van der Waals surface area contributed by atoms with Crippen molar-refractivity contribution in [3.8, 4) is 11.3 Å². The molecule has 1 fully saturated rings. The Morgan fingerprint density at radius 3 is 2.70 bits per heavy atom. The predicted molar refractivity (Wildman–Crippen MR) is 126 cm³/mol. The predicted octanol–water partition coefficient (Wildman–Crippen LogP) is 3.47. The number of H-pyrrole nitrogens is 1. The van der Waals surface area contributed by atoms with E-state index in [0.29, 0.717) is 29.5 Å². The van der Waals surface area contributed by atoms with Crippen molar-refractivity contribution in [2.45, 2.75) is 32.1 Å². The van der Waals surface area contributed by atoms with Gasteiger partial charge in [-0.2, -0.15) is 10.2 Å². The monoisotopic (exact) mass is 466 g/mol. The summed E-state index contributed by atoms with van der Waals surface area (Å²) in [6.45, 7) is 1.48. The topological polar surface area (TPSA) is 87.1 Å². The molecule has 2 aliphatic heterocycles. The molecule has 0 atom stereocenters. The highest BCUT2D eigenvalue weighted by Gasteiger charge is 2.28. The van der Waals surface area contributed by atoms with E-state index in [1.807, 2.05) is 23.2 Å². The Balaban J connectivity index is 1.30. The summed E-state index contributed by atoms with van der Waals surface area (Å²) < 4.78 is 1.63. The first-order valence-electron chi connectivity index (χ1n) is 11.3. The number of carbonyl (C=O) groups excluding carboxylic acids is 2. The van der Waals surface area contributed by atoms with Crippen molar-refractivity contribution < 1.29 is 9.59 Å². The molecule has 0 spiro atoms. The van der Waals surface area contributed by atoms with Crippen molar-refractivity contribution in [1.82, 2.24) is 24.9 Å². The van der Waals surface area contributed by atoms with E-state index in [9.17, 15) is 9.59 Å². The molecule has 4 heterocycles. The van der Waals surface area contributed by atoms with Crippen LogP contribution in [-0.4, -0.2) is 56.8 Å². The highest BCUT2D eigenvalue weighted by atomic mass is 35.5. The highest BCUT2D eigenvalue weighted by Crippen LogP contribution is 2.40. The molecule has 1 aromatic carbocycles. The second kappa shape index (κ2) is 8.67. The lowest BCUT2D eigenvalue weighted by molar-refractivity contribution is -0.118. The Labute approximate surface area is 197 Å². The Morgan fingerprint density at radius 2 is 1.97 bits per heavy atom. The van der Waals surface area contributed by atoms with Crippen LogP contribution in [0.2, 0.25) is 5.02 Å². The summed E-state index contributed by atoms with van der Waals surface area (Å²) in [5.74, 6) is 0.624. The maximum absolute atomic E-state index is 12.8. The van der Waals surface area contributed by atoms with E-state index in [0.717, 1.165) is 60.4 Å². The molecule has 1 N–H and O–H groups in total. The van der Waals surface area contributed by atoms with Gasteiger partial charge in [0.05, 0.1) is 10.7 Å². The number of carbonyl (C=O) groups is 2. The summed E-state index contributed by atoms with van der Waals surface area (Å²) in [5.41, 5.74) is 5.41. The number of hydrogen-bond donors (Lipinski definition) is 1. The molecular formula is C24H27ClN6O2. The maximum atomic E-state index is 12.8. The van der Waals surface area contributed by atoms with E-state index >= 15 is 0 Å². The van der Waals surface area contributed by atoms with Crippen LogP contribution in [0.5, 0.6) is 0 Å². The van der Waals surface area contributed by atoms with Gasteiger partial charge in [-0.05, 0) is 60.9 Å². The number of likely N-dealkylation sites (tertiary alicyclic amines) is 1. The number of nitrogens with one attached hydrogen (secondary N) is 1. The maximum Gasteiger partial charge on any atom is 0.272 e. The SMILES string of the molecule is CN1C(=O)CCc2c1ccc(-c1n[nH]cc1CC1CCN(C(=O)c3ccnn3C)CC1)c2Cl. The smallest absolute Gasteiger partial charge is 0.272 e. The number of aromatic amines is 1. The fourth-order valence-electron chi connectivity index (χ4n) is 4.98. The number of aryl methyl sites for hydroxylation is 1. The van der Waals surface area contributed by atoms with Crippen molar-refractivity contribution in [1.29, 1.82) is 0 Å². The van der Waals surface area contributed by atoms with Gasteiger partial charge in [0.15, 0.2) is 0 Å². The van der Waals surface area contributed by atoms with Gasteiger partial charge in [-0.3, -0.25) is 19.4 Å². The molecule has 1 saturated heterocycles. The standard InChI is InChI=1S/C24H27ClN6O2/c1-29-19-5-3-18(22(25)17(19)4-6-21(29)32)23-16(14-26-28-23)13-15-8-11-31(12-9-15)24(33)20-7-10-27-30(20)2/h3,5,7,10,14-15H,4,6,8-9,11-13H2,1-2H3,(H,26,28). The lowest BCUT2D eigenvalue weighted by Crippen LogP contribution is -2.39. The summed E-state index contributed by atoms with van der Waals surface area (Å²) in [7, 11) is 3.59. The van der Waals surface area contributed by atoms with Crippen LogP contribution in [0.4, 0.5) is 5.69 Å². The van der Waals surface area contributed by atoms with Crippen molar-refractivity contribution >= 4 is 29.1 Å². The third kappa shape index (κ3) is 3.93. The first-order chi connectivity index (χ1) is 15.9. The van der Waals surface area contributed by atoms with Crippen molar-refractivity contribution in [2.75, 3.05) is 25.0 Å². The van der Waals surface area contributed by atoms with Gasteiger partial charge in [0.2, 0.25) is 5.91 Å². The molecule has 2 amide bonds. The number of nitrogens with zero attached hydrogens (tertiary/aromatic N) is 5. The molecule has 9 heteroatoms. The van der Waals surface area contributed by atoms with Crippen LogP contribution in [0.3, 0.4) is 0 Å². The average Bonchev–Trinajstić information content (AvgIpc) is 3.45. The van der Waals surface area contributed by atoms with Crippen LogP contribution in [0, 0.1) is 5.92 Å². The summed E-state index contributed by atoms with van der Waals surface area (Å²) in [6.07, 6.45) is 7.49. The van der Waals surface area contributed by atoms with Gasteiger partial charge in [0.25, 0.3) is 5.91 Å². The van der Waals surface area contributed by atoms with Gasteiger partial charge in [0.1, 0.15) is 5.69 Å². The van der Waals surface area contributed by atoms with E-state index in [4.69, 9.17) is 11.6 Å². The van der Waals surface area contributed by atoms with Crippen molar-refractivity contribution in [3.05, 3.63) is 52.4 Å². The number of benzene rings is 1. The molecule has 33 heavy (non-hydrogen) atoms. The Morgan fingerprint density at radius 1 is 1.18 bits per heavy atom. The second-order valence-corrected chi connectivity index (χ2v) is 9.29. The van der Waals surface area contributed by atoms with E-state index in [-0.39, 0.29) is 11.8 Å². The number of amides is 2. The average molecular weight is 467 g/mol. The van der Waals surface area contributed by atoms with E-state index in [1.54, 1.807) is 35.9 Å². The first-order valence-corrected chi connectivity index (χ1v) is 11.7. The molecule has 0 saturated carbocycles. The number of aromatic nitrogens is 4. The molecule has 2 aliphatic rings. The third-order valence-corrected chi connectivity index (χ3v) is 7.40. The zero-order valence-electron chi connectivity index (χ0n) is 18.8. The largest absolute Gasteiger partial charge is 0.337 e. The normalized spacial score (nSPS) is 16.9. The Kier molecular flexibility index (Phi) is 5.70. The summed E-state index contributed by atoms with van der Waals surface area (Å²) in [6, 6.07) is 5.70. The molecule has 0 unspecified atom stereocenters. The van der Waals surface area contributed by atoms with Gasteiger partial charge in [0, 0.05) is 57.3 Å². The summed E-state index contributed by atoms with van der Waals surface area (Å²) >= 11 is 6.82. The van der Waals surface area contributed by atoms with Crippen LogP contribution in [-0.2, 0) is 24.7 Å². The third-order valence-electron chi connectivity index (χ3n) is 6.97. The minimum absolute atomic E-state index is 0.0433. The fourth-order valence-corrected chi connectivity index (χ4v) is 5.32. The fraction of sp³-hybridized carbons (Fsp3) is 0.417. The van der Waals surface area contributed by atoms with Crippen LogP contribution < -0.4 is 4.90 Å². The molecule has 172 valence electrons. The van der Waals surface area contributed by atoms with Crippen molar-refractivity contribution in [2.24, 2.45) is 13.0 Å². The van der Waals surface area contributed by atoms with Crippen LogP contribution in [0.15, 0.2) is 30.6 Å². The van der Waals surface area contributed by atoms with Crippen LogP contribution in [0.1, 0.15) is 40.9 Å². The molecular weight excluding hydrogens is 440 g/mol. The highest BCUT2D eigenvalue weighted by molar-refractivity contribution is 6.34. The van der Waals surface area contributed by atoms with Gasteiger partial charge in [-0.15, -0.1) is 0 Å². The van der Waals surface area contributed by atoms with Gasteiger partial charge in [-0.1, -0.05) is 11.6 Å². The number of anilines is 1. The molecule has 5 rings (SSSR count). The second-order valence-electron chi connectivity index (χ2n) is 8.92. The minimum atomic E-state index is 0.0433. The number of hydrogen-bond acceptors (Lipinski definition) is 4. The first kappa shape index (κ1) is 21.7. The number of piperidine rings is 1.